The van der Waals surface area contributed by atoms with Crippen LogP contribution in [0.3, 0.4) is 0 Å². The van der Waals surface area contributed by atoms with E-state index in [1.165, 1.54) is 0 Å². The predicted molar refractivity (Wildman–Crippen MR) is 87.2 cm³/mol. The van der Waals surface area contributed by atoms with Gasteiger partial charge in [-0.05, 0) is 13.8 Å². The molecule has 0 aliphatic carbocycles. The molecule has 2 unspecified atom stereocenters. The quantitative estimate of drug-likeness (QED) is 0.921. The number of hydrogen-bond donors (Lipinski definition) is 1. The second-order valence-electron chi connectivity index (χ2n) is 6.36. The Morgan fingerprint density at radius 2 is 1.83 bits per heavy atom. The average molecular weight is 315 g/mol. The minimum absolute atomic E-state index is 0.107. The zero-order valence-electron chi connectivity index (χ0n) is 13.8. The Hall–Kier alpha value is -2.37. The largest absolute Gasteiger partial charge is 0.492 e. The SMILES string of the molecule is COc1c2c(c(-c3cnn(C)c3N)c3c1OC(C)C3)OC(C)C2. The van der Waals surface area contributed by atoms with Crippen molar-refractivity contribution in [3.8, 4) is 28.4 Å². The van der Waals surface area contributed by atoms with E-state index in [4.69, 9.17) is 19.9 Å². The Balaban J connectivity index is 2.05. The fourth-order valence-corrected chi connectivity index (χ4v) is 3.61. The van der Waals surface area contributed by atoms with Crippen LogP contribution < -0.4 is 19.9 Å². The van der Waals surface area contributed by atoms with Crippen molar-refractivity contribution in [2.75, 3.05) is 12.8 Å². The third kappa shape index (κ3) is 1.90. The lowest BCUT2D eigenvalue weighted by Crippen LogP contribution is -2.07. The highest BCUT2D eigenvalue weighted by Crippen LogP contribution is 2.55. The number of nitrogens with zero attached hydrogens (tertiary/aromatic N) is 2. The Bertz CT molecular complexity index is 758. The van der Waals surface area contributed by atoms with Gasteiger partial charge < -0.3 is 19.9 Å². The van der Waals surface area contributed by atoms with Crippen LogP contribution in [-0.2, 0) is 19.9 Å². The number of methoxy groups -OCH3 is 1. The van der Waals surface area contributed by atoms with Crippen LogP contribution in [0.15, 0.2) is 6.20 Å². The molecule has 1 aromatic heterocycles. The van der Waals surface area contributed by atoms with Crippen molar-refractivity contribution in [1.29, 1.82) is 0 Å². The summed E-state index contributed by atoms with van der Waals surface area (Å²) < 4.78 is 19.5. The van der Waals surface area contributed by atoms with Crippen LogP contribution in [0.25, 0.3) is 11.1 Å². The predicted octanol–water partition coefficient (Wildman–Crippen LogP) is 2.32. The van der Waals surface area contributed by atoms with Crippen molar-refractivity contribution in [1.82, 2.24) is 9.78 Å². The summed E-state index contributed by atoms with van der Waals surface area (Å²) >= 11 is 0. The number of hydrogen-bond acceptors (Lipinski definition) is 5. The first-order chi connectivity index (χ1) is 11.0. The molecule has 6 nitrogen and oxygen atoms in total. The Morgan fingerprint density at radius 3 is 2.43 bits per heavy atom. The molecule has 4 rings (SSSR count). The van der Waals surface area contributed by atoms with Crippen molar-refractivity contribution in [3.05, 3.63) is 17.3 Å². The highest BCUT2D eigenvalue weighted by molar-refractivity contribution is 5.87. The number of nitrogens with two attached hydrogens (primary N) is 1. The molecule has 2 N–H and O–H groups in total. The van der Waals surface area contributed by atoms with Crippen molar-refractivity contribution in [2.24, 2.45) is 7.05 Å². The summed E-state index contributed by atoms with van der Waals surface area (Å²) in [6.07, 6.45) is 3.62. The van der Waals surface area contributed by atoms with E-state index in [0.29, 0.717) is 5.82 Å². The molecule has 3 heterocycles. The number of anilines is 1. The molecule has 0 spiro atoms. The van der Waals surface area contributed by atoms with E-state index in [1.54, 1.807) is 18.0 Å². The molecule has 122 valence electrons. The second kappa shape index (κ2) is 4.81. The van der Waals surface area contributed by atoms with E-state index >= 15 is 0 Å². The van der Waals surface area contributed by atoms with Crippen molar-refractivity contribution >= 4 is 5.82 Å². The number of aromatic nitrogens is 2. The first-order valence-corrected chi connectivity index (χ1v) is 7.88. The van der Waals surface area contributed by atoms with Gasteiger partial charge >= 0.3 is 0 Å². The molecule has 2 atom stereocenters. The van der Waals surface area contributed by atoms with Crippen LogP contribution in [0.5, 0.6) is 17.2 Å². The topological polar surface area (TPSA) is 71.5 Å². The van der Waals surface area contributed by atoms with Gasteiger partial charge in [-0.25, -0.2) is 0 Å². The molecule has 23 heavy (non-hydrogen) atoms. The van der Waals surface area contributed by atoms with Crippen LogP contribution in [0, 0.1) is 0 Å². The van der Waals surface area contributed by atoms with Gasteiger partial charge in [0.2, 0.25) is 0 Å². The molecular weight excluding hydrogens is 294 g/mol. The van der Waals surface area contributed by atoms with E-state index < -0.39 is 0 Å². The fraction of sp³-hybridized carbons (Fsp3) is 0.471. The zero-order chi connectivity index (χ0) is 16.3. The van der Waals surface area contributed by atoms with E-state index in [9.17, 15) is 0 Å². The minimum atomic E-state index is 0.107. The highest BCUT2D eigenvalue weighted by Gasteiger charge is 2.37. The van der Waals surface area contributed by atoms with Crippen molar-refractivity contribution in [2.45, 2.75) is 38.9 Å². The third-order valence-electron chi connectivity index (χ3n) is 4.64. The monoisotopic (exact) mass is 315 g/mol. The maximum Gasteiger partial charge on any atom is 0.168 e. The molecule has 2 aromatic rings. The lowest BCUT2D eigenvalue weighted by atomic mass is 9.93. The van der Waals surface area contributed by atoms with Gasteiger partial charge in [0.25, 0.3) is 0 Å². The molecule has 0 saturated carbocycles. The van der Waals surface area contributed by atoms with Gasteiger partial charge in [0.05, 0.1) is 13.3 Å². The maximum absolute atomic E-state index is 6.24. The van der Waals surface area contributed by atoms with Gasteiger partial charge in [-0.1, -0.05) is 0 Å². The Kier molecular flexibility index (Phi) is 2.98. The van der Waals surface area contributed by atoms with E-state index in [1.807, 2.05) is 7.05 Å². The molecule has 0 fully saturated rings. The first-order valence-electron chi connectivity index (χ1n) is 7.88. The van der Waals surface area contributed by atoms with Crippen molar-refractivity contribution < 1.29 is 14.2 Å². The van der Waals surface area contributed by atoms with Crippen LogP contribution in [-0.4, -0.2) is 29.1 Å². The normalized spacial score (nSPS) is 21.6. The first kappa shape index (κ1) is 14.2. The van der Waals surface area contributed by atoms with Crippen LogP contribution in [0.1, 0.15) is 25.0 Å². The lowest BCUT2D eigenvalue weighted by Gasteiger charge is -2.16. The Labute approximate surface area is 135 Å². The number of rotatable bonds is 2. The molecular formula is C17H21N3O3. The molecule has 0 amide bonds. The summed E-state index contributed by atoms with van der Waals surface area (Å²) in [6, 6.07) is 0. The molecule has 2 aliphatic heterocycles. The molecule has 0 bridgehead atoms. The van der Waals surface area contributed by atoms with E-state index in [-0.39, 0.29) is 12.2 Å². The molecule has 0 radical (unpaired) electrons. The molecule has 2 aliphatic rings. The number of nitrogen functional groups attached to an aromatic ring is 1. The highest BCUT2D eigenvalue weighted by atomic mass is 16.5. The van der Waals surface area contributed by atoms with E-state index in [0.717, 1.165) is 52.3 Å². The van der Waals surface area contributed by atoms with Gasteiger partial charge in [0.1, 0.15) is 23.8 Å². The number of fused-ring (bicyclic) bond motifs is 2. The van der Waals surface area contributed by atoms with Crippen LogP contribution in [0.2, 0.25) is 0 Å². The summed E-state index contributed by atoms with van der Waals surface area (Å²) in [7, 11) is 3.52. The zero-order valence-corrected chi connectivity index (χ0v) is 13.8. The van der Waals surface area contributed by atoms with Gasteiger partial charge in [-0.2, -0.15) is 5.10 Å². The van der Waals surface area contributed by atoms with Gasteiger partial charge in [0, 0.05) is 42.1 Å². The summed E-state index contributed by atoms with van der Waals surface area (Å²) in [5.41, 5.74) is 10.3. The smallest absolute Gasteiger partial charge is 0.168 e. The van der Waals surface area contributed by atoms with Gasteiger partial charge in [0.15, 0.2) is 11.5 Å². The average Bonchev–Trinajstić information content (AvgIpc) is 3.16. The summed E-state index contributed by atoms with van der Waals surface area (Å²) in [5, 5.41) is 4.29. The maximum atomic E-state index is 6.24. The number of aryl methyl sites for hydroxylation is 1. The van der Waals surface area contributed by atoms with E-state index in [2.05, 4.69) is 18.9 Å². The van der Waals surface area contributed by atoms with Crippen molar-refractivity contribution in [3.63, 3.8) is 0 Å². The van der Waals surface area contributed by atoms with Gasteiger partial charge in [-0.15, -0.1) is 0 Å². The summed E-state index contributed by atoms with van der Waals surface area (Å²) in [6.45, 7) is 4.12. The van der Waals surface area contributed by atoms with Gasteiger partial charge in [-0.3, -0.25) is 4.68 Å². The number of benzene rings is 1. The third-order valence-corrected chi connectivity index (χ3v) is 4.64. The van der Waals surface area contributed by atoms with Crippen LogP contribution in [0.4, 0.5) is 5.82 Å². The standard InChI is InChI=1S/C17H21N3O3/c1-8-5-10-13(12-7-19-20(3)17(12)18)14-11(6-9(2)22-14)15(21-4)16(10)23-8/h7-9H,5-6,18H2,1-4H3. The molecule has 6 heteroatoms. The molecule has 1 aromatic carbocycles. The lowest BCUT2D eigenvalue weighted by molar-refractivity contribution is 0.242. The summed E-state index contributed by atoms with van der Waals surface area (Å²) in [4.78, 5) is 0. The molecule has 0 saturated heterocycles. The number of ether oxygens (including phenoxy) is 3. The Morgan fingerprint density at radius 1 is 1.17 bits per heavy atom. The summed E-state index contributed by atoms with van der Waals surface area (Å²) in [5.74, 6) is 3.12. The second-order valence-corrected chi connectivity index (χ2v) is 6.36. The van der Waals surface area contributed by atoms with Crippen LogP contribution >= 0.6 is 0 Å². The fourth-order valence-electron chi connectivity index (χ4n) is 3.61. The minimum Gasteiger partial charge on any atom is -0.492 e.